The van der Waals surface area contributed by atoms with E-state index in [0.29, 0.717) is 12.0 Å². The number of nitrogens with one attached hydrogen (secondary N) is 1. The molecule has 0 saturated heterocycles. The standard InChI is InChI=1S/C14H31NO2/c1-5-9-15-10-8-14(2,3)7-6-11-17-13-12-16-4/h15H,5-13H2,1-4H3. The highest BCUT2D eigenvalue weighted by molar-refractivity contribution is 4.69. The van der Waals surface area contributed by atoms with Gasteiger partial charge < -0.3 is 14.8 Å². The molecule has 0 spiro atoms. The molecular formula is C14H31NO2. The van der Waals surface area contributed by atoms with Crippen LogP contribution in [0, 0.1) is 5.41 Å². The molecule has 0 aromatic carbocycles. The molecule has 0 saturated carbocycles. The summed E-state index contributed by atoms with van der Waals surface area (Å²) in [4.78, 5) is 0. The molecule has 0 aliphatic carbocycles. The van der Waals surface area contributed by atoms with Gasteiger partial charge in [-0.2, -0.15) is 0 Å². The van der Waals surface area contributed by atoms with Crippen LogP contribution in [0.4, 0.5) is 0 Å². The summed E-state index contributed by atoms with van der Waals surface area (Å²) in [5, 5.41) is 3.46. The van der Waals surface area contributed by atoms with Gasteiger partial charge in [-0.15, -0.1) is 0 Å². The summed E-state index contributed by atoms with van der Waals surface area (Å²) >= 11 is 0. The first kappa shape index (κ1) is 16.9. The van der Waals surface area contributed by atoms with Gasteiger partial charge in [0.25, 0.3) is 0 Å². The number of rotatable bonds is 12. The molecule has 0 radical (unpaired) electrons. The van der Waals surface area contributed by atoms with Gasteiger partial charge in [0, 0.05) is 13.7 Å². The van der Waals surface area contributed by atoms with E-state index < -0.39 is 0 Å². The van der Waals surface area contributed by atoms with Gasteiger partial charge in [-0.1, -0.05) is 20.8 Å². The van der Waals surface area contributed by atoms with Crippen molar-refractivity contribution in [1.82, 2.24) is 5.32 Å². The van der Waals surface area contributed by atoms with Crippen molar-refractivity contribution in [3.8, 4) is 0 Å². The second-order valence-electron chi connectivity index (χ2n) is 5.37. The molecule has 0 heterocycles. The molecule has 0 rings (SSSR count). The lowest BCUT2D eigenvalue weighted by Crippen LogP contribution is -2.23. The molecular weight excluding hydrogens is 214 g/mol. The van der Waals surface area contributed by atoms with Crippen LogP contribution < -0.4 is 5.32 Å². The molecule has 0 atom stereocenters. The van der Waals surface area contributed by atoms with E-state index in [1.807, 2.05) is 0 Å². The number of hydrogen-bond acceptors (Lipinski definition) is 3. The minimum Gasteiger partial charge on any atom is -0.382 e. The fourth-order valence-electron chi connectivity index (χ4n) is 1.75. The van der Waals surface area contributed by atoms with Gasteiger partial charge in [-0.05, 0) is 44.2 Å². The van der Waals surface area contributed by atoms with Crippen molar-refractivity contribution < 1.29 is 9.47 Å². The van der Waals surface area contributed by atoms with Gasteiger partial charge in [0.1, 0.15) is 0 Å². The summed E-state index contributed by atoms with van der Waals surface area (Å²) in [6, 6.07) is 0. The monoisotopic (exact) mass is 245 g/mol. The van der Waals surface area contributed by atoms with Gasteiger partial charge in [-0.25, -0.2) is 0 Å². The summed E-state index contributed by atoms with van der Waals surface area (Å²) < 4.78 is 10.4. The van der Waals surface area contributed by atoms with Crippen LogP contribution in [0.25, 0.3) is 0 Å². The van der Waals surface area contributed by atoms with Gasteiger partial charge in [0.05, 0.1) is 13.2 Å². The Balaban J connectivity index is 3.37. The molecule has 0 fully saturated rings. The van der Waals surface area contributed by atoms with Crippen molar-refractivity contribution in [2.45, 2.75) is 46.5 Å². The van der Waals surface area contributed by atoms with Crippen molar-refractivity contribution in [3.63, 3.8) is 0 Å². The first-order valence-electron chi connectivity index (χ1n) is 6.90. The second-order valence-corrected chi connectivity index (χ2v) is 5.37. The van der Waals surface area contributed by atoms with Gasteiger partial charge in [0.2, 0.25) is 0 Å². The topological polar surface area (TPSA) is 30.5 Å². The van der Waals surface area contributed by atoms with E-state index in [-0.39, 0.29) is 0 Å². The summed E-state index contributed by atoms with van der Waals surface area (Å²) in [6.45, 7) is 11.4. The Kier molecular flexibility index (Phi) is 10.9. The summed E-state index contributed by atoms with van der Waals surface area (Å²) in [7, 11) is 1.70. The smallest absolute Gasteiger partial charge is 0.0700 e. The number of methoxy groups -OCH3 is 1. The minimum atomic E-state index is 0.422. The van der Waals surface area contributed by atoms with Crippen LogP contribution in [0.1, 0.15) is 46.5 Å². The molecule has 3 heteroatoms. The number of ether oxygens (including phenoxy) is 2. The summed E-state index contributed by atoms with van der Waals surface area (Å²) in [6.07, 6.45) is 4.83. The molecule has 0 unspecified atom stereocenters. The van der Waals surface area contributed by atoms with E-state index >= 15 is 0 Å². The van der Waals surface area contributed by atoms with Crippen molar-refractivity contribution in [1.29, 1.82) is 0 Å². The third-order valence-electron chi connectivity index (χ3n) is 2.98. The van der Waals surface area contributed by atoms with E-state index in [2.05, 4.69) is 26.1 Å². The quantitative estimate of drug-likeness (QED) is 0.536. The molecule has 3 nitrogen and oxygen atoms in total. The van der Waals surface area contributed by atoms with Crippen molar-refractivity contribution in [3.05, 3.63) is 0 Å². The average Bonchev–Trinajstić information content (AvgIpc) is 2.29. The fourth-order valence-corrected chi connectivity index (χ4v) is 1.75. The van der Waals surface area contributed by atoms with Crippen LogP contribution in [0.3, 0.4) is 0 Å². The van der Waals surface area contributed by atoms with E-state index in [1.54, 1.807) is 7.11 Å². The molecule has 0 bridgehead atoms. The predicted octanol–water partition coefficient (Wildman–Crippen LogP) is 2.85. The highest BCUT2D eigenvalue weighted by Gasteiger charge is 2.16. The van der Waals surface area contributed by atoms with Crippen LogP contribution in [0.5, 0.6) is 0 Å². The Bertz CT molecular complexity index is 160. The van der Waals surface area contributed by atoms with E-state index in [9.17, 15) is 0 Å². The molecule has 104 valence electrons. The zero-order valence-corrected chi connectivity index (χ0v) is 12.2. The van der Waals surface area contributed by atoms with Crippen molar-refractivity contribution >= 4 is 0 Å². The summed E-state index contributed by atoms with van der Waals surface area (Å²) in [5.74, 6) is 0. The fraction of sp³-hybridized carbons (Fsp3) is 1.00. The first-order chi connectivity index (χ1) is 8.12. The molecule has 0 aromatic heterocycles. The molecule has 1 N–H and O–H groups in total. The molecule has 0 aliphatic rings. The highest BCUT2D eigenvalue weighted by atomic mass is 16.5. The SMILES string of the molecule is CCCNCCC(C)(C)CCCOCCOC. The Hall–Kier alpha value is -0.120. The van der Waals surface area contributed by atoms with Gasteiger partial charge in [-0.3, -0.25) is 0 Å². The Morgan fingerprint density at radius 3 is 2.41 bits per heavy atom. The zero-order chi connectivity index (χ0) is 13.0. The lowest BCUT2D eigenvalue weighted by atomic mass is 9.84. The van der Waals surface area contributed by atoms with Crippen LogP contribution >= 0.6 is 0 Å². The van der Waals surface area contributed by atoms with Crippen molar-refractivity contribution in [2.75, 3.05) is 40.0 Å². The molecule has 17 heavy (non-hydrogen) atoms. The minimum absolute atomic E-state index is 0.422. The highest BCUT2D eigenvalue weighted by Crippen LogP contribution is 2.25. The largest absolute Gasteiger partial charge is 0.382 e. The Morgan fingerprint density at radius 1 is 1.00 bits per heavy atom. The molecule has 0 amide bonds. The average molecular weight is 245 g/mol. The normalized spacial score (nSPS) is 12.0. The predicted molar refractivity (Wildman–Crippen MR) is 73.5 cm³/mol. The Morgan fingerprint density at radius 2 is 1.76 bits per heavy atom. The first-order valence-corrected chi connectivity index (χ1v) is 6.90. The second kappa shape index (κ2) is 11.0. The lowest BCUT2D eigenvalue weighted by Gasteiger charge is -2.24. The third-order valence-corrected chi connectivity index (χ3v) is 2.98. The Labute approximate surface area is 107 Å². The van der Waals surface area contributed by atoms with Crippen LogP contribution in [0.2, 0.25) is 0 Å². The number of hydrogen-bond donors (Lipinski definition) is 1. The van der Waals surface area contributed by atoms with Crippen LogP contribution in [-0.4, -0.2) is 40.0 Å². The maximum Gasteiger partial charge on any atom is 0.0700 e. The van der Waals surface area contributed by atoms with Crippen LogP contribution in [0.15, 0.2) is 0 Å². The van der Waals surface area contributed by atoms with E-state index in [0.717, 1.165) is 32.7 Å². The maximum absolute atomic E-state index is 5.47. The van der Waals surface area contributed by atoms with Gasteiger partial charge in [0.15, 0.2) is 0 Å². The van der Waals surface area contributed by atoms with Gasteiger partial charge >= 0.3 is 0 Å². The summed E-state index contributed by atoms with van der Waals surface area (Å²) in [5.41, 5.74) is 0.422. The van der Waals surface area contributed by atoms with E-state index in [1.165, 1.54) is 19.3 Å². The third kappa shape index (κ3) is 12.1. The van der Waals surface area contributed by atoms with Crippen LogP contribution in [-0.2, 0) is 9.47 Å². The van der Waals surface area contributed by atoms with Crippen molar-refractivity contribution in [2.24, 2.45) is 5.41 Å². The lowest BCUT2D eigenvalue weighted by molar-refractivity contribution is 0.0645. The molecule has 0 aliphatic heterocycles. The molecule has 0 aromatic rings. The maximum atomic E-state index is 5.47. The van der Waals surface area contributed by atoms with E-state index in [4.69, 9.17) is 9.47 Å². The zero-order valence-electron chi connectivity index (χ0n) is 12.2.